The minimum absolute atomic E-state index is 0.0445. The highest BCUT2D eigenvalue weighted by Gasteiger charge is 2.30. The van der Waals surface area contributed by atoms with Crippen LogP contribution >= 0.6 is 0 Å². The van der Waals surface area contributed by atoms with Gasteiger partial charge in [-0.05, 0) is 24.9 Å². The van der Waals surface area contributed by atoms with Gasteiger partial charge >= 0.3 is 5.97 Å². The topological polar surface area (TPSA) is 49.8 Å². The lowest BCUT2D eigenvalue weighted by Gasteiger charge is -2.38. The molecule has 0 saturated carbocycles. The molecule has 1 saturated heterocycles. The smallest absolute Gasteiger partial charge is 0.308 e. The van der Waals surface area contributed by atoms with Crippen molar-refractivity contribution in [3.8, 4) is 0 Å². The molecule has 1 heterocycles. The number of piperidine rings is 1. The predicted molar refractivity (Wildman–Crippen MR) is 77.1 cm³/mol. The average Bonchev–Trinajstić information content (AvgIpc) is 2.48. The zero-order chi connectivity index (χ0) is 14.4. The summed E-state index contributed by atoms with van der Waals surface area (Å²) in [5.74, 6) is -0.345. The lowest BCUT2D eigenvalue weighted by Crippen LogP contribution is -2.47. The first kappa shape index (κ1) is 15.0. The number of methoxy groups -OCH3 is 1. The van der Waals surface area contributed by atoms with Gasteiger partial charge in [0.1, 0.15) is 0 Å². The Bertz CT molecular complexity index is 421. The second kappa shape index (κ2) is 7.41. The molecule has 0 amide bonds. The summed E-state index contributed by atoms with van der Waals surface area (Å²) in [5.41, 5.74) is 1.24. The zero-order valence-corrected chi connectivity index (χ0v) is 12.0. The number of rotatable bonds is 5. The van der Waals surface area contributed by atoms with Crippen LogP contribution in [-0.2, 0) is 16.1 Å². The van der Waals surface area contributed by atoms with E-state index in [0.717, 1.165) is 32.4 Å². The van der Waals surface area contributed by atoms with E-state index in [1.165, 1.54) is 12.7 Å². The van der Waals surface area contributed by atoms with Crippen LogP contribution in [0.25, 0.3) is 0 Å². The summed E-state index contributed by atoms with van der Waals surface area (Å²) >= 11 is 0. The standard InChI is InChI=1S/C16H23NO3/c1-20-16(19)11-15(18)14-9-5-6-10-17(14)12-13-7-3-2-4-8-13/h2-4,7-8,14-15,18H,5-6,9-12H2,1H3/t14-,15+/m1/s1. The molecular weight excluding hydrogens is 254 g/mol. The first-order chi connectivity index (χ1) is 9.70. The number of nitrogens with zero attached hydrogens (tertiary/aromatic N) is 1. The van der Waals surface area contributed by atoms with E-state index in [1.54, 1.807) is 0 Å². The fraction of sp³-hybridized carbons (Fsp3) is 0.562. The van der Waals surface area contributed by atoms with E-state index in [-0.39, 0.29) is 18.4 Å². The highest BCUT2D eigenvalue weighted by molar-refractivity contribution is 5.69. The second-order valence-electron chi connectivity index (χ2n) is 5.37. The van der Waals surface area contributed by atoms with Crippen molar-refractivity contribution in [2.45, 2.75) is 44.4 Å². The molecule has 0 aliphatic carbocycles. The first-order valence-electron chi connectivity index (χ1n) is 7.23. The Morgan fingerprint density at radius 2 is 2.15 bits per heavy atom. The number of ether oxygens (including phenoxy) is 1. The summed E-state index contributed by atoms with van der Waals surface area (Å²) in [6.45, 7) is 1.79. The summed E-state index contributed by atoms with van der Waals surface area (Å²) in [7, 11) is 1.36. The Morgan fingerprint density at radius 1 is 1.40 bits per heavy atom. The molecule has 1 aromatic carbocycles. The molecule has 110 valence electrons. The number of likely N-dealkylation sites (tertiary alicyclic amines) is 1. The van der Waals surface area contributed by atoms with Gasteiger partial charge in [-0.1, -0.05) is 36.8 Å². The van der Waals surface area contributed by atoms with Gasteiger partial charge < -0.3 is 9.84 Å². The Balaban J connectivity index is 1.99. The van der Waals surface area contributed by atoms with Gasteiger partial charge in [-0.15, -0.1) is 0 Å². The molecule has 1 fully saturated rings. The molecule has 20 heavy (non-hydrogen) atoms. The average molecular weight is 277 g/mol. The maximum Gasteiger partial charge on any atom is 0.308 e. The molecule has 0 radical (unpaired) electrons. The molecule has 1 N–H and O–H groups in total. The van der Waals surface area contributed by atoms with Gasteiger partial charge in [0.05, 0.1) is 19.6 Å². The molecular formula is C16H23NO3. The summed E-state index contributed by atoms with van der Waals surface area (Å²) < 4.78 is 4.65. The van der Waals surface area contributed by atoms with Crippen LogP contribution < -0.4 is 0 Å². The van der Waals surface area contributed by atoms with Crippen LogP contribution in [0.5, 0.6) is 0 Å². The van der Waals surface area contributed by atoms with Gasteiger partial charge in [0.2, 0.25) is 0 Å². The van der Waals surface area contributed by atoms with E-state index in [0.29, 0.717) is 0 Å². The van der Waals surface area contributed by atoms with Gasteiger partial charge in [0, 0.05) is 12.6 Å². The molecule has 0 bridgehead atoms. The van der Waals surface area contributed by atoms with E-state index in [9.17, 15) is 9.90 Å². The third-order valence-corrected chi connectivity index (χ3v) is 3.94. The molecule has 2 atom stereocenters. The fourth-order valence-corrected chi connectivity index (χ4v) is 2.86. The number of carbonyl (C=O) groups excluding carboxylic acids is 1. The molecule has 1 aromatic rings. The third-order valence-electron chi connectivity index (χ3n) is 3.94. The fourth-order valence-electron chi connectivity index (χ4n) is 2.86. The number of carbonyl (C=O) groups is 1. The minimum atomic E-state index is -0.647. The van der Waals surface area contributed by atoms with Gasteiger partial charge in [-0.25, -0.2) is 0 Å². The lowest BCUT2D eigenvalue weighted by molar-refractivity contribution is -0.144. The molecule has 4 nitrogen and oxygen atoms in total. The first-order valence-corrected chi connectivity index (χ1v) is 7.23. The van der Waals surface area contributed by atoms with Gasteiger partial charge in [0.15, 0.2) is 0 Å². The second-order valence-corrected chi connectivity index (χ2v) is 5.37. The van der Waals surface area contributed by atoms with Crippen molar-refractivity contribution in [2.24, 2.45) is 0 Å². The van der Waals surface area contributed by atoms with Crippen molar-refractivity contribution in [3.63, 3.8) is 0 Å². The Labute approximate surface area is 120 Å². The molecule has 0 unspecified atom stereocenters. The van der Waals surface area contributed by atoms with Gasteiger partial charge in [0.25, 0.3) is 0 Å². The van der Waals surface area contributed by atoms with Crippen LogP contribution in [0.4, 0.5) is 0 Å². The largest absolute Gasteiger partial charge is 0.469 e. The Morgan fingerprint density at radius 3 is 2.85 bits per heavy atom. The Hall–Kier alpha value is -1.39. The van der Waals surface area contributed by atoms with Crippen LogP contribution in [-0.4, -0.2) is 41.8 Å². The summed E-state index contributed by atoms with van der Waals surface area (Å²) in [5, 5.41) is 10.3. The number of benzene rings is 1. The highest BCUT2D eigenvalue weighted by Crippen LogP contribution is 2.23. The van der Waals surface area contributed by atoms with Crippen molar-refractivity contribution in [2.75, 3.05) is 13.7 Å². The normalized spacial score (nSPS) is 21.4. The SMILES string of the molecule is COC(=O)C[C@H](O)[C@H]1CCCCN1Cc1ccccc1. The van der Waals surface area contributed by atoms with Crippen LogP contribution in [0.2, 0.25) is 0 Å². The van der Waals surface area contributed by atoms with Crippen LogP contribution in [0.1, 0.15) is 31.2 Å². The number of hydrogen-bond donors (Lipinski definition) is 1. The van der Waals surface area contributed by atoms with Crippen LogP contribution in [0.15, 0.2) is 30.3 Å². The Kier molecular flexibility index (Phi) is 5.56. The molecule has 0 aromatic heterocycles. The molecule has 0 spiro atoms. The predicted octanol–water partition coefficient (Wildman–Crippen LogP) is 1.97. The zero-order valence-electron chi connectivity index (χ0n) is 12.0. The minimum Gasteiger partial charge on any atom is -0.469 e. The van der Waals surface area contributed by atoms with E-state index in [2.05, 4.69) is 21.8 Å². The van der Waals surface area contributed by atoms with Gasteiger partial charge in [-0.2, -0.15) is 0 Å². The van der Waals surface area contributed by atoms with Crippen LogP contribution in [0.3, 0.4) is 0 Å². The summed E-state index contributed by atoms with van der Waals surface area (Å²) in [6, 6.07) is 10.3. The van der Waals surface area contributed by atoms with Crippen molar-refractivity contribution in [1.29, 1.82) is 0 Å². The quantitative estimate of drug-likeness (QED) is 0.836. The van der Waals surface area contributed by atoms with Crippen molar-refractivity contribution >= 4 is 5.97 Å². The van der Waals surface area contributed by atoms with Crippen molar-refractivity contribution in [1.82, 2.24) is 4.90 Å². The molecule has 1 aliphatic heterocycles. The molecule has 2 rings (SSSR count). The van der Waals surface area contributed by atoms with Crippen molar-refractivity contribution < 1.29 is 14.6 Å². The summed E-state index contributed by atoms with van der Waals surface area (Å²) in [6.07, 6.45) is 2.62. The number of aliphatic hydroxyl groups excluding tert-OH is 1. The number of esters is 1. The summed E-state index contributed by atoms with van der Waals surface area (Å²) in [4.78, 5) is 13.6. The molecule has 1 aliphatic rings. The monoisotopic (exact) mass is 277 g/mol. The lowest BCUT2D eigenvalue weighted by atomic mass is 9.95. The van der Waals surface area contributed by atoms with Crippen molar-refractivity contribution in [3.05, 3.63) is 35.9 Å². The van der Waals surface area contributed by atoms with Crippen LogP contribution in [0, 0.1) is 0 Å². The van der Waals surface area contributed by atoms with E-state index in [1.807, 2.05) is 18.2 Å². The number of aliphatic hydroxyl groups is 1. The van der Waals surface area contributed by atoms with E-state index >= 15 is 0 Å². The van der Waals surface area contributed by atoms with Gasteiger partial charge in [-0.3, -0.25) is 9.69 Å². The maximum absolute atomic E-state index is 11.3. The van der Waals surface area contributed by atoms with E-state index < -0.39 is 6.10 Å². The molecule has 4 heteroatoms. The maximum atomic E-state index is 11.3. The van der Waals surface area contributed by atoms with E-state index in [4.69, 9.17) is 0 Å². The third kappa shape index (κ3) is 4.05. The highest BCUT2D eigenvalue weighted by atomic mass is 16.5. The number of hydrogen-bond acceptors (Lipinski definition) is 4.